The highest BCUT2D eigenvalue weighted by molar-refractivity contribution is 6.28. The molecule has 0 fully saturated rings. The average molecular weight is 374 g/mol. The molecule has 6 nitrogen and oxygen atoms in total. The Labute approximate surface area is 158 Å². The largest absolute Gasteiger partial charge is 0.394 e. The van der Waals surface area contributed by atoms with Crippen LogP contribution in [-0.2, 0) is 0 Å². The van der Waals surface area contributed by atoms with E-state index >= 15 is 0 Å². The van der Waals surface area contributed by atoms with Gasteiger partial charge >= 0.3 is 0 Å². The van der Waals surface area contributed by atoms with Gasteiger partial charge in [0.15, 0.2) is 0 Å². The van der Waals surface area contributed by atoms with Crippen molar-refractivity contribution in [1.82, 2.24) is 19.9 Å². The maximum absolute atomic E-state index is 9.88. The van der Waals surface area contributed by atoms with Crippen molar-refractivity contribution in [2.75, 3.05) is 12.0 Å². The first-order valence-corrected chi connectivity index (χ1v) is 9.18. The Hall–Kier alpha value is -2.18. The van der Waals surface area contributed by atoms with Crippen molar-refractivity contribution in [2.24, 2.45) is 0 Å². The molecule has 0 radical (unpaired) electrons. The fourth-order valence-corrected chi connectivity index (χ4v) is 3.28. The van der Waals surface area contributed by atoms with Gasteiger partial charge in [-0.1, -0.05) is 58.0 Å². The lowest BCUT2D eigenvalue weighted by atomic mass is 10.0. The summed E-state index contributed by atoms with van der Waals surface area (Å²) in [7, 11) is 0. The molecule has 0 aromatic heterocycles. The Bertz CT molecular complexity index is 847. The van der Waals surface area contributed by atoms with Crippen LogP contribution in [0.3, 0.4) is 0 Å². The van der Waals surface area contributed by atoms with Crippen LogP contribution in [0.15, 0.2) is 30.3 Å². The third-order valence-corrected chi connectivity index (χ3v) is 4.61. The molecule has 3 rings (SSSR count). The molecule has 0 aliphatic carbocycles. The van der Waals surface area contributed by atoms with E-state index in [4.69, 9.17) is 11.6 Å². The molecule has 0 bridgehead atoms. The minimum absolute atomic E-state index is 0.0765. The summed E-state index contributed by atoms with van der Waals surface area (Å²) in [5.41, 5.74) is 7.49. The molecular formula is C19H24ClN5O. The molecule has 1 aromatic rings. The van der Waals surface area contributed by atoms with Gasteiger partial charge in [0.2, 0.25) is 5.28 Å². The number of aromatic nitrogens is 4. The number of nitrogens with one attached hydrogen (secondary N) is 1. The van der Waals surface area contributed by atoms with Crippen molar-refractivity contribution < 1.29 is 5.11 Å². The van der Waals surface area contributed by atoms with Crippen LogP contribution in [0.1, 0.15) is 62.5 Å². The molecule has 0 amide bonds. The van der Waals surface area contributed by atoms with E-state index in [1.54, 1.807) is 4.68 Å². The molecular weight excluding hydrogens is 350 g/mol. The van der Waals surface area contributed by atoms with Gasteiger partial charge in [-0.3, -0.25) is 0 Å². The number of aliphatic hydroxyl groups is 1. The topological polar surface area (TPSA) is 75.9 Å². The number of fused-ring (bicyclic) bond motifs is 1. The van der Waals surface area contributed by atoms with Crippen molar-refractivity contribution in [3.8, 4) is 11.4 Å². The van der Waals surface area contributed by atoms with Crippen LogP contribution in [0.4, 0.5) is 0 Å². The molecule has 7 heteroatoms. The number of hydrogen-bond donors (Lipinski definition) is 2. The van der Waals surface area contributed by atoms with Crippen LogP contribution in [0.5, 0.6) is 0 Å². The summed E-state index contributed by atoms with van der Waals surface area (Å²) in [5.74, 6) is 0.347. The van der Waals surface area contributed by atoms with Gasteiger partial charge in [-0.05, 0) is 29.0 Å². The average Bonchev–Trinajstić information content (AvgIpc) is 3.03. The lowest BCUT2D eigenvalue weighted by Crippen LogP contribution is -2.29. The highest BCUT2D eigenvalue weighted by Crippen LogP contribution is 2.34. The lowest BCUT2D eigenvalue weighted by molar-refractivity contribution is 0.268. The van der Waals surface area contributed by atoms with Crippen molar-refractivity contribution >= 4 is 11.6 Å². The Morgan fingerprint density at radius 1 is 1.04 bits per heavy atom. The van der Waals surface area contributed by atoms with Crippen LogP contribution in [0.25, 0.3) is 11.4 Å². The molecule has 26 heavy (non-hydrogen) atoms. The van der Waals surface area contributed by atoms with E-state index in [1.165, 1.54) is 0 Å². The highest BCUT2D eigenvalue weighted by Gasteiger charge is 2.27. The first-order chi connectivity index (χ1) is 12.4. The number of aliphatic hydroxyl groups excluding tert-OH is 1. The van der Waals surface area contributed by atoms with Gasteiger partial charge in [0.25, 0.3) is 0 Å². The second kappa shape index (κ2) is 7.60. The molecule has 0 saturated carbocycles. The van der Waals surface area contributed by atoms with Gasteiger partial charge in [-0.25, -0.2) is 9.66 Å². The maximum atomic E-state index is 9.88. The Kier molecular flexibility index (Phi) is 5.44. The molecule has 2 N–H and O–H groups in total. The molecule has 2 aliphatic heterocycles. The highest BCUT2D eigenvalue weighted by atomic mass is 35.5. The molecule has 1 atom stereocenters. The number of hydrogen-bond acceptors (Lipinski definition) is 5. The van der Waals surface area contributed by atoms with Crippen molar-refractivity contribution in [3.63, 3.8) is 0 Å². The smallest absolute Gasteiger partial charge is 0.222 e. The number of nitrogens with zero attached hydrogens (tertiary/aromatic N) is 4. The number of benzene rings is 1. The second-order valence-corrected chi connectivity index (χ2v) is 7.31. The van der Waals surface area contributed by atoms with Crippen LogP contribution in [0.2, 0.25) is 5.28 Å². The zero-order valence-electron chi connectivity index (χ0n) is 15.4. The summed E-state index contributed by atoms with van der Waals surface area (Å²) in [4.78, 5) is 4.54. The van der Waals surface area contributed by atoms with E-state index in [-0.39, 0.29) is 24.5 Å². The van der Waals surface area contributed by atoms with Gasteiger partial charge in [0, 0.05) is 0 Å². The maximum Gasteiger partial charge on any atom is 0.222 e. The summed E-state index contributed by atoms with van der Waals surface area (Å²) < 4.78 is 1.72. The normalized spacial score (nSPS) is 12.9. The third kappa shape index (κ3) is 3.39. The minimum atomic E-state index is -0.317. The summed E-state index contributed by atoms with van der Waals surface area (Å²) in [6, 6.07) is 9.43. The van der Waals surface area contributed by atoms with E-state index in [0.29, 0.717) is 5.28 Å². The Morgan fingerprint density at radius 2 is 1.73 bits per heavy atom. The summed E-state index contributed by atoms with van der Waals surface area (Å²) >= 11 is 6.53. The van der Waals surface area contributed by atoms with E-state index in [2.05, 4.69) is 48.3 Å². The standard InChI is InChI=1S/C19H24ClN5O/c1-11(2)15-16-17(23-22-15)18(12(3)4)25(19(20)21-16)24-14(10-26)13-8-6-5-7-9-13/h5-9,11-12,14,24,26H,10H2,1-4H3/t14-/m0/s1. The van der Waals surface area contributed by atoms with Crippen molar-refractivity contribution in [2.45, 2.75) is 45.6 Å². The summed E-state index contributed by atoms with van der Waals surface area (Å²) in [6.45, 7) is 8.19. The first-order valence-electron chi connectivity index (χ1n) is 8.80. The van der Waals surface area contributed by atoms with E-state index in [9.17, 15) is 5.11 Å². The van der Waals surface area contributed by atoms with Crippen LogP contribution < -0.4 is 5.43 Å². The minimum Gasteiger partial charge on any atom is -0.394 e. The van der Waals surface area contributed by atoms with Crippen molar-refractivity contribution in [1.29, 1.82) is 0 Å². The molecule has 2 heterocycles. The van der Waals surface area contributed by atoms with Gasteiger partial charge in [-0.15, -0.1) is 5.10 Å². The van der Waals surface area contributed by atoms with Gasteiger partial charge < -0.3 is 10.5 Å². The van der Waals surface area contributed by atoms with Gasteiger partial charge in [0.1, 0.15) is 11.4 Å². The molecule has 1 aromatic carbocycles. The fourth-order valence-electron chi connectivity index (χ4n) is 3.06. The molecule has 2 aliphatic rings. The van der Waals surface area contributed by atoms with Gasteiger partial charge in [-0.2, -0.15) is 5.10 Å². The van der Waals surface area contributed by atoms with E-state index in [1.807, 2.05) is 30.3 Å². The SMILES string of the molecule is CC(C)c1nnc2c(C(C)C)n(N[C@@H](CO)c3ccccc3)c(Cl)nc1-2. The molecule has 0 unspecified atom stereocenters. The predicted octanol–water partition coefficient (Wildman–Crippen LogP) is 3.96. The number of halogens is 1. The molecule has 0 spiro atoms. The third-order valence-electron chi connectivity index (χ3n) is 4.36. The summed E-state index contributed by atoms with van der Waals surface area (Å²) in [6.07, 6.45) is 0. The quantitative estimate of drug-likeness (QED) is 0.640. The van der Waals surface area contributed by atoms with E-state index < -0.39 is 0 Å². The fraction of sp³-hybridized carbons (Fsp3) is 0.421. The molecule has 0 saturated heterocycles. The molecule has 138 valence electrons. The zero-order valence-corrected chi connectivity index (χ0v) is 16.2. The van der Waals surface area contributed by atoms with E-state index in [0.717, 1.165) is 28.3 Å². The predicted molar refractivity (Wildman–Crippen MR) is 103 cm³/mol. The lowest BCUT2D eigenvalue weighted by Gasteiger charge is -2.26. The van der Waals surface area contributed by atoms with Crippen molar-refractivity contribution in [3.05, 3.63) is 52.6 Å². The number of rotatable bonds is 6. The first kappa shape index (κ1) is 18.6. The summed E-state index contributed by atoms with van der Waals surface area (Å²) in [5, 5.41) is 18.9. The van der Waals surface area contributed by atoms with Gasteiger partial charge in [0.05, 0.1) is 24.0 Å². The Morgan fingerprint density at radius 3 is 2.31 bits per heavy atom. The second-order valence-electron chi connectivity index (χ2n) is 6.97. The monoisotopic (exact) mass is 373 g/mol. The van der Waals surface area contributed by atoms with Crippen LogP contribution in [-0.4, -0.2) is 31.6 Å². The zero-order chi connectivity index (χ0) is 18.8. The van der Waals surface area contributed by atoms with Crippen LogP contribution >= 0.6 is 11.6 Å². The van der Waals surface area contributed by atoms with Crippen LogP contribution in [0, 0.1) is 0 Å². The Balaban J connectivity index is 2.11.